The molecule has 98 valence electrons. The summed E-state index contributed by atoms with van der Waals surface area (Å²) in [5.41, 5.74) is 8.02. The number of rotatable bonds is 6. The van der Waals surface area contributed by atoms with Gasteiger partial charge in [-0.1, -0.05) is 5.92 Å². The second-order valence-electron chi connectivity index (χ2n) is 3.85. The van der Waals surface area contributed by atoms with E-state index in [0.717, 1.165) is 17.1 Å². The maximum absolute atomic E-state index is 11.7. The summed E-state index contributed by atoms with van der Waals surface area (Å²) in [6.45, 7) is 4.49. The predicted octanol–water partition coefficient (Wildman–Crippen LogP) is 0.565. The zero-order chi connectivity index (χ0) is 13.5. The molecule has 0 atom stereocenters. The van der Waals surface area contributed by atoms with Crippen molar-refractivity contribution in [2.24, 2.45) is 0 Å². The van der Waals surface area contributed by atoms with Gasteiger partial charge in [0.25, 0.3) is 0 Å². The van der Waals surface area contributed by atoms with Crippen molar-refractivity contribution >= 4 is 23.4 Å². The number of aryl methyl sites for hydroxylation is 1. The Labute approximate surface area is 111 Å². The number of aromatic nitrogens is 2. The Balaban J connectivity index is 2.36. The van der Waals surface area contributed by atoms with E-state index < -0.39 is 0 Å². The van der Waals surface area contributed by atoms with Crippen LogP contribution in [-0.4, -0.2) is 33.7 Å². The van der Waals surface area contributed by atoms with Crippen molar-refractivity contribution in [3.63, 3.8) is 0 Å². The summed E-state index contributed by atoms with van der Waals surface area (Å²) in [5, 5.41) is 7.02. The van der Waals surface area contributed by atoms with Crippen LogP contribution in [0, 0.1) is 26.2 Å². The number of hydrogen-bond donors (Lipinski definition) is 2. The van der Waals surface area contributed by atoms with Crippen molar-refractivity contribution in [2.45, 2.75) is 20.4 Å². The van der Waals surface area contributed by atoms with E-state index in [1.807, 2.05) is 13.8 Å². The average molecular weight is 266 g/mol. The summed E-state index contributed by atoms with van der Waals surface area (Å²) >= 11 is 1.62. The SMILES string of the molecule is C#CCSCCNC(=O)Cn1nc(C)c(N)c1C. The van der Waals surface area contributed by atoms with E-state index in [0.29, 0.717) is 18.0 Å². The Morgan fingerprint density at radius 3 is 2.89 bits per heavy atom. The van der Waals surface area contributed by atoms with E-state index in [1.54, 1.807) is 16.4 Å². The third-order valence-corrected chi connectivity index (χ3v) is 3.35. The highest BCUT2D eigenvalue weighted by Gasteiger charge is 2.10. The van der Waals surface area contributed by atoms with Gasteiger partial charge >= 0.3 is 0 Å². The van der Waals surface area contributed by atoms with Crippen LogP contribution in [0.5, 0.6) is 0 Å². The molecule has 3 N–H and O–H groups in total. The molecule has 6 heteroatoms. The average Bonchev–Trinajstić information content (AvgIpc) is 2.57. The summed E-state index contributed by atoms with van der Waals surface area (Å²) in [5.74, 6) is 3.95. The van der Waals surface area contributed by atoms with Crippen molar-refractivity contribution in [1.82, 2.24) is 15.1 Å². The zero-order valence-electron chi connectivity index (χ0n) is 10.7. The van der Waals surface area contributed by atoms with Gasteiger partial charge in [0, 0.05) is 12.3 Å². The van der Waals surface area contributed by atoms with Crippen molar-refractivity contribution < 1.29 is 4.79 Å². The van der Waals surface area contributed by atoms with Crippen LogP contribution in [0.15, 0.2) is 0 Å². The fourth-order valence-electron chi connectivity index (χ4n) is 1.45. The standard InChI is InChI=1S/C12H18N4OS/c1-4-6-18-7-5-14-11(17)8-16-10(3)12(13)9(2)15-16/h1H,5-8,13H2,2-3H3,(H,14,17). The lowest BCUT2D eigenvalue weighted by molar-refractivity contribution is -0.121. The van der Waals surface area contributed by atoms with Gasteiger partial charge in [-0.2, -0.15) is 5.10 Å². The first kappa shape index (κ1) is 14.5. The van der Waals surface area contributed by atoms with Crippen molar-refractivity contribution in [3.05, 3.63) is 11.4 Å². The number of thioether (sulfide) groups is 1. The van der Waals surface area contributed by atoms with E-state index in [2.05, 4.69) is 16.3 Å². The summed E-state index contributed by atoms with van der Waals surface area (Å²) in [4.78, 5) is 11.7. The van der Waals surface area contributed by atoms with Crippen LogP contribution in [-0.2, 0) is 11.3 Å². The molecule has 0 saturated heterocycles. The van der Waals surface area contributed by atoms with Crippen LogP contribution in [0.4, 0.5) is 5.69 Å². The number of nitrogen functional groups attached to an aromatic ring is 1. The molecule has 1 aromatic rings. The number of amides is 1. The lowest BCUT2D eigenvalue weighted by Gasteiger charge is -2.06. The molecule has 0 aliphatic carbocycles. The molecule has 0 bridgehead atoms. The molecule has 1 rings (SSSR count). The second kappa shape index (κ2) is 6.97. The summed E-state index contributed by atoms with van der Waals surface area (Å²) < 4.78 is 1.62. The molecule has 0 unspecified atom stereocenters. The Morgan fingerprint density at radius 1 is 1.61 bits per heavy atom. The van der Waals surface area contributed by atoms with Crippen molar-refractivity contribution in [3.8, 4) is 12.3 Å². The minimum Gasteiger partial charge on any atom is -0.396 e. The van der Waals surface area contributed by atoms with Crippen LogP contribution in [0.25, 0.3) is 0 Å². The Bertz CT molecular complexity index is 461. The molecule has 0 aliphatic rings. The highest BCUT2D eigenvalue weighted by Crippen LogP contribution is 2.14. The monoisotopic (exact) mass is 266 g/mol. The third kappa shape index (κ3) is 4.00. The van der Waals surface area contributed by atoms with Crippen LogP contribution in [0.1, 0.15) is 11.4 Å². The van der Waals surface area contributed by atoms with E-state index >= 15 is 0 Å². The first-order valence-electron chi connectivity index (χ1n) is 5.63. The highest BCUT2D eigenvalue weighted by molar-refractivity contribution is 7.99. The Kier molecular flexibility index (Phi) is 5.59. The number of hydrogen-bond acceptors (Lipinski definition) is 4. The molecule has 1 heterocycles. The van der Waals surface area contributed by atoms with Crippen LogP contribution in [0.2, 0.25) is 0 Å². The number of nitrogens with one attached hydrogen (secondary N) is 1. The first-order valence-corrected chi connectivity index (χ1v) is 6.79. The predicted molar refractivity (Wildman–Crippen MR) is 75.3 cm³/mol. The van der Waals surface area contributed by atoms with Gasteiger partial charge in [-0.25, -0.2) is 0 Å². The highest BCUT2D eigenvalue weighted by atomic mass is 32.2. The Morgan fingerprint density at radius 2 is 2.33 bits per heavy atom. The minimum atomic E-state index is -0.0677. The van der Waals surface area contributed by atoms with Gasteiger partial charge in [-0.3, -0.25) is 9.48 Å². The molecule has 0 saturated carbocycles. The molecule has 5 nitrogen and oxygen atoms in total. The largest absolute Gasteiger partial charge is 0.396 e. The van der Waals surface area contributed by atoms with E-state index in [-0.39, 0.29) is 12.5 Å². The minimum absolute atomic E-state index is 0.0677. The van der Waals surface area contributed by atoms with Gasteiger partial charge in [0.2, 0.25) is 5.91 Å². The Hall–Kier alpha value is -1.61. The fourth-order valence-corrected chi connectivity index (χ4v) is 1.96. The van der Waals surface area contributed by atoms with Crippen LogP contribution < -0.4 is 11.1 Å². The lowest BCUT2D eigenvalue weighted by atomic mass is 10.3. The van der Waals surface area contributed by atoms with Crippen molar-refractivity contribution in [2.75, 3.05) is 23.8 Å². The number of carbonyl (C=O) groups is 1. The molecule has 0 aliphatic heterocycles. The topological polar surface area (TPSA) is 72.9 Å². The molecule has 0 aromatic carbocycles. The molecule has 1 amide bonds. The quantitative estimate of drug-likeness (QED) is 0.583. The number of anilines is 1. The van der Waals surface area contributed by atoms with Crippen LogP contribution in [0.3, 0.4) is 0 Å². The first-order chi connectivity index (χ1) is 8.56. The molecule has 1 aromatic heterocycles. The van der Waals surface area contributed by atoms with Gasteiger partial charge in [-0.15, -0.1) is 18.2 Å². The summed E-state index contributed by atoms with van der Waals surface area (Å²) in [6.07, 6.45) is 5.12. The third-order valence-electron chi connectivity index (χ3n) is 2.48. The molecular weight excluding hydrogens is 248 g/mol. The van der Waals surface area contributed by atoms with Gasteiger partial charge in [0.05, 0.1) is 22.8 Å². The van der Waals surface area contributed by atoms with E-state index in [1.165, 1.54) is 0 Å². The molecule has 18 heavy (non-hydrogen) atoms. The fraction of sp³-hybridized carbons (Fsp3) is 0.500. The maximum atomic E-state index is 11.7. The molecular formula is C12H18N4OS. The summed E-state index contributed by atoms with van der Waals surface area (Å²) in [6, 6.07) is 0. The van der Waals surface area contributed by atoms with Gasteiger partial charge < -0.3 is 11.1 Å². The van der Waals surface area contributed by atoms with Gasteiger partial charge in [-0.05, 0) is 13.8 Å². The summed E-state index contributed by atoms with van der Waals surface area (Å²) in [7, 11) is 0. The second-order valence-corrected chi connectivity index (χ2v) is 4.95. The number of nitrogens with zero attached hydrogens (tertiary/aromatic N) is 2. The van der Waals surface area contributed by atoms with Crippen molar-refractivity contribution in [1.29, 1.82) is 0 Å². The molecule has 0 fully saturated rings. The van der Waals surface area contributed by atoms with E-state index in [4.69, 9.17) is 12.2 Å². The smallest absolute Gasteiger partial charge is 0.241 e. The van der Waals surface area contributed by atoms with Gasteiger partial charge in [0.1, 0.15) is 6.54 Å². The van der Waals surface area contributed by atoms with Crippen LogP contribution >= 0.6 is 11.8 Å². The van der Waals surface area contributed by atoms with E-state index in [9.17, 15) is 4.79 Å². The van der Waals surface area contributed by atoms with Gasteiger partial charge in [0.15, 0.2) is 0 Å². The normalized spacial score (nSPS) is 10.1. The number of terminal acetylenes is 1. The molecule has 0 spiro atoms. The zero-order valence-corrected chi connectivity index (χ0v) is 11.5. The number of nitrogens with two attached hydrogens (primary N) is 1. The molecule has 0 radical (unpaired) electrons. The number of carbonyl (C=O) groups excluding carboxylic acids is 1. The lowest BCUT2D eigenvalue weighted by Crippen LogP contribution is -2.30. The maximum Gasteiger partial charge on any atom is 0.241 e.